The van der Waals surface area contributed by atoms with E-state index in [4.69, 9.17) is 24.8 Å². The van der Waals surface area contributed by atoms with Crippen molar-refractivity contribution >= 4 is 64.4 Å². The normalized spacial score (nSPS) is 35.3. The monoisotopic (exact) mass is 1320 g/mol. The van der Waals surface area contributed by atoms with E-state index < -0.39 is 82.6 Å². The fraction of sp³-hybridized carbons (Fsp3) is 0.632. The van der Waals surface area contributed by atoms with Crippen molar-refractivity contribution in [3.05, 3.63) is 80.2 Å². The first-order chi connectivity index (χ1) is 43.1. The molecule has 1 aromatic carbocycles. The van der Waals surface area contributed by atoms with E-state index in [1.54, 1.807) is 41.8 Å². The largest absolute Gasteiger partial charge is 0.508 e. The van der Waals surface area contributed by atoms with Crippen molar-refractivity contribution in [1.82, 2.24) is 19.9 Å². The van der Waals surface area contributed by atoms with E-state index in [-0.39, 0.29) is 94.6 Å². The minimum absolute atomic E-state index is 0. The molecule has 2 aliphatic heterocycles. The fourth-order valence-corrected chi connectivity index (χ4v) is 19.1. The molecular formula is C68H92ClN5O19. The Morgan fingerprint density at radius 2 is 1.24 bits per heavy atom. The van der Waals surface area contributed by atoms with E-state index in [9.17, 15) is 74.4 Å². The van der Waals surface area contributed by atoms with Gasteiger partial charge in [-0.15, -0.1) is 12.4 Å². The molecule has 13 rings (SSSR count). The summed E-state index contributed by atoms with van der Waals surface area (Å²) in [5.74, 6) is -1.09. The minimum Gasteiger partial charge on any atom is -0.508 e. The second kappa shape index (κ2) is 26.7. The summed E-state index contributed by atoms with van der Waals surface area (Å²) >= 11 is 0. The number of carboxylic acid groups (broad SMARTS) is 1. The minimum atomic E-state index is -1.84. The lowest BCUT2D eigenvalue weighted by molar-refractivity contribution is -0.182. The number of aromatic hydroxyl groups is 1. The number of fused-ring (bicyclic) bond motifs is 15. The lowest BCUT2D eigenvalue weighted by Crippen LogP contribution is -2.62. The third kappa shape index (κ3) is 12.1. The molecule has 24 nitrogen and oxygen atoms in total. The van der Waals surface area contributed by atoms with Crippen LogP contribution in [0, 0.1) is 57.2 Å². The summed E-state index contributed by atoms with van der Waals surface area (Å²) in [6.45, 7) is 10.4. The molecule has 0 spiro atoms. The van der Waals surface area contributed by atoms with Crippen molar-refractivity contribution in [2.75, 3.05) is 27.3 Å². The second-order valence-electron chi connectivity index (χ2n) is 28.6. The highest BCUT2D eigenvalue weighted by molar-refractivity contribution is 5.93. The van der Waals surface area contributed by atoms with E-state index in [0.29, 0.717) is 79.6 Å². The van der Waals surface area contributed by atoms with Crippen molar-refractivity contribution in [2.45, 2.75) is 187 Å². The van der Waals surface area contributed by atoms with Gasteiger partial charge >= 0.3 is 12.0 Å². The Bertz CT molecular complexity index is 3510. The zero-order valence-electron chi connectivity index (χ0n) is 54.2. The number of ether oxygens (including phenoxy) is 1. The Labute approximate surface area is 545 Å². The predicted molar refractivity (Wildman–Crippen MR) is 339 cm³/mol. The van der Waals surface area contributed by atoms with E-state index in [1.165, 1.54) is 16.6 Å². The van der Waals surface area contributed by atoms with Gasteiger partial charge in [-0.2, -0.15) is 0 Å². The number of aliphatic hydroxyl groups excluding tert-OH is 4. The number of amides is 2. The maximum absolute atomic E-state index is 13.2. The number of aromatic nitrogens is 2. The number of cyclic esters (lactones) is 1. The number of primary amides is 1. The van der Waals surface area contributed by atoms with Crippen LogP contribution in [0.25, 0.3) is 22.3 Å². The van der Waals surface area contributed by atoms with Crippen molar-refractivity contribution in [2.24, 2.45) is 62.9 Å². The Kier molecular flexibility index (Phi) is 20.8. The van der Waals surface area contributed by atoms with E-state index in [0.717, 1.165) is 74.8 Å². The van der Waals surface area contributed by atoms with Gasteiger partial charge in [-0.25, -0.2) is 20.1 Å². The molecule has 25 heteroatoms. The Morgan fingerprint density at radius 3 is 1.67 bits per heavy atom. The van der Waals surface area contributed by atoms with Crippen LogP contribution < -0.4 is 16.8 Å². The van der Waals surface area contributed by atoms with Crippen LogP contribution in [0.4, 0.5) is 4.79 Å². The molecule has 0 saturated heterocycles. The average molecular weight is 1320 g/mol. The lowest BCUT2D eigenvalue weighted by atomic mass is 9.45. The highest BCUT2D eigenvalue weighted by atomic mass is 35.5. The van der Waals surface area contributed by atoms with Crippen LogP contribution in [0.1, 0.15) is 160 Å². The highest BCUT2D eigenvalue weighted by Crippen LogP contribution is 2.69. The van der Waals surface area contributed by atoms with Crippen molar-refractivity contribution in [1.29, 1.82) is 0 Å². The van der Waals surface area contributed by atoms with Crippen LogP contribution in [0.15, 0.2) is 52.4 Å². The number of aliphatic carboxylic acids is 1. The zero-order valence-corrected chi connectivity index (χ0v) is 55.0. The molecule has 10 aliphatic rings. The Morgan fingerprint density at radius 1 is 0.763 bits per heavy atom. The molecule has 0 unspecified atom stereocenters. The van der Waals surface area contributed by atoms with Gasteiger partial charge < -0.3 is 65.9 Å². The van der Waals surface area contributed by atoms with Gasteiger partial charge in [0.05, 0.1) is 41.2 Å². The first kappa shape index (κ1) is 72.5. The first-order valence-electron chi connectivity index (χ1n) is 32.0. The number of carbonyl (C=O) groups excluding carboxylic acids is 6. The number of urea groups is 1. The number of esters is 1. The lowest BCUT2D eigenvalue weighted by Gasteiger charge is -2.60. The predicted octanol–water partition coefficient (Wildman–Crippen LogP) is 4.97. The summed E-state index contributed by atoms with van der Waals surface area (Å²) in [4.78, 5) is 99.0. The molecule has 8 aliphatic carbocycles. The van der Waals surface area contributed by atoms with Gasteiger partial charge in [0.25, 0.3) is 11.5 Å². The number of phenolic OH excluding ortho intramolecular Hbond substituents is 1. The molecule has 13 N–H and O–H groups in total. The molecule has 15 atom stereocenters. The summed E-state index contributed by atoms with van der Waals surface area (Å²) in [5.41, 5.74) is 5.02. The molecule has 4 heterocycles. The number of nitrogens with zero attached hydrogens (tertiary/aromatic N) is 3. The van der Waals surface area contributed by atoms with E-state index >= 15 is 0 Å². The van der Waals surface area contributed by atoms with Gasteiger partial charge in [-0.3, -0.25) is 34.0 Å². The number of phenols is 1. The number of pyridine rings is 2. The van der Waals surface area contributed by atoms with Crippen molar-refractivity contribution < 1.29 is 89.5 Å². The molecule has 0 bridgehead atoms. The SMILES string of the molecule is CC(=O)O.CC[C@@]1(O)C(=O)OCc2c1cc1n(c2=O)Cc2cc3c(CN(C)C)c(O)ccc3nc2-1.C[C@]12CCC(=O)C=C1CC[C@@H]1[C@@H]2[C@@H](O)C[C@@]2(C)[C@H]1CC[C@]2(O)C(=O)CO.C[C@]12CCC(=O)C=C1CC[C@@H]1[C@@H]2[C@@H](O)C[C@@]2(C)[C@H]1CC[C@]2(O)C(=O)CO.Cl.NC(=O)NO. The molecular weight excluding hydrogens is 1230 g/mol. The quantitative estimate of drug-likeness (QED) is 0.0660. The van der Waals surface area contributed by atoms with E-state index in [1.807, 2.05) is 38.9 Å². The molecule has 6 fully saturated rings. The van der Waals surface area contributed by atoms with Crippen LogP contribution in [-0.2, 0) is 58.8 Å². The molecule has 2 aromatic heterocycles. The number of carbonyl (C=O) groups is 7. The van der Waals surface area contributed by atoms with Gasteiger partial charge in [0.1, 0.15) is 36.8 Å². The number of allylic oxidation sites excluding steroid dienone is 2. The summed E-state index contributed by atoms with van der Waals surface area (Å²) in [5, 5.41) is 100. The summed E-state index contributed by atoms with van der Waals surface area (Å²) in [6, 6.07) is 6.11. The first-order valence-corrected chi connectivity index (χ1v) is 32.0. The molecule has 93 heavy (non-hydrogen) atoms. The number of aliphatic hydroxyl groups is 7. The molecule has 510 valence electrons. The summed E-state index contributed by atoms with van der Waals surface area (Å²) in [7, 11) is 3.86. The highest BCUT2D eigenvalue weighted by Gasteiger charge is 2.70. The number of nitrogens with two attached hydrogens (primary N) is 1. The van der Waals surface area contributed by atoms with E-state index in [2.05, 4.69) is 19.6 Å². The van der Waals surface area contributed by atoms with Gasteiger partial charge in [0, 0.05) is 59.2 Å². The molecule has 0 radical (unpaired) electrons. The number of hydroxylamine groups is 1. The number of rotatable bonds is 7. The number of ketones is 4. The summed E-state index contributed by atoms with van der Waals surface area (Å²) in [6.07, 6.45) is 11.6. The van der Waals surface area contributed by atoms with Gasteiger partial charge in [-0.05, 0) is 180 Å². The second-order valence-corrected chi connectivity index (χ2v) is 28.6. The maximum Gasteiger partial charge on any atom is 0.343 e. The van der Waals surface area contributed by atoms with Gasteiger partial charge in [0.15, 0.2) is 28.7 Å². The molecule has 3 aromatic rings. The smallest absolute Gasteiger partial charge is 0.343 e. The number of nitrogens with one attached hydrogen (secondary N) is 1. The van der Waals surface area contributed by atoms with Crippen LogP contribution >= 0.6 is 12.4 Å². The standard InChI is InChI=1S/C23H23N3O5.2C21H30O5.C2H4O2.CH4N2O2.ClH/c1-4-23(30)16-8-18-20-12(9-26(18)21(28)15(16)11-31-22(23)29)7-13-14(10-25(2)3)19(27)6-5-17(13)24-20;2*1-19-7-5-13(23)9-12(19)3-4-14-15-6-8-21(26,17(25)11-22)20(15,2)10-16(24)18(14)19;1-2(3)4;2-1(4)3-5;/h5-8,27,30H,4,9-11H2,1-3H3;2*9,14-16,18,22,24,26H,3-8,10-11H2,1-2H3;1H3,(H,3,4);5H,(H3,2,3,4);1H/t23-;2*14-,15-,16-,18+,19-,20-,21-;;;/m000.../s1. The third-order valence-electron chi connectivity index (χ3n) is 23.7. The topological polar surface area (TPSA) is 407 Å². The number of Topliss-reactive ketones (excluding diaryl/α,β-unsaturated/α-hetero) is 2. The van der Waals surface area contributed by atoms with Crippen LogP contribution in [0.5, 0.6) is 5.75 Å². The van der Waals surface area contributed by atoms with Crippen LogP contribution in [0.2, 0.25) is 0 Å². The van der Waals surface area contributed by atoms with Crippen LogP contribution in [-0.4, -0.2) is 157 Å². The number of benzene rings is 1. The van der Waals surface area contributed by atoms with Crippen LogP contribution in [0.3, 0.4) is 0 Å². The molecule has 2 amide bonds. The maximum atomic E-state index is 13.2. The number of hydrogen-bond acceptors (Lipinski definition) is 20. The number of halogens is 1. The Balaban J connectivity index is 0.000000168. The zero-order chi connectivity index (χ0) is 67.7. The van der Waals surface area contributed by atoms with Gasteiger partial charge in [-0.1, -0.05) is 45.8 Å². The molecule has 6 saturated carbocycles. The number of carboxylic acids is 1. The van der Waals surface area contributed by atoms with Gasteiger partial charge in [0.2, 0.25) is 0 Å². The number of hydrogen-bond donors (Lipinski definition) is 12. The third-order valence-corrected chi connectivity index (χ3v) is 23.7. The fourth-order valence-electron chi connectivity index (χ4n) is 19.1. The average Bonchev–Trinajstić information content (AvgIpc) is 1.65. The van der Waals surface area contributed by atoms with Crippen molar-refractivity contribution in [3.63, 3.8) is 0 Å². The summed E-state index contributed by atoms with van der Waals surface area (Å²) < 4.78 is 6.71. The van der Waals surface area contributed by atoms with Crippen molar-refractivity contribution in [3.8, 4) is 17.1 Å². The Hall–Kier alpha value is -6.32.